The number of nitrogens with zero attached hydrogens (tertiary/aromatic N) is 2. The van der Waals surface area contributed by atoms with Gasteiger partial charge in [0, 0.05) is 44.9 Å². The lowest BCUT2D eigenvalue weighted by atomic mass is 9.79. The van der Waals surface area contributed by atoms with Crippen molar-refractivity contribution < 1.29 is 9.90 Å². The van der Waals surface area contributed by atoms with E-state index in [0.717, 1.165) is 56.8 Å². The van der Waals surface area contributed by atoms with Crippen LogP contribution in [0, 0.1) is 5.41 Å². The van der Waals surface area contributed by atoms with Crippen LogP contribution in [0.5, 0.6) is 0 Å². The molecule has 1 amide bonds. The molecule has 0 unspecified atom stereocenters. The second kappa shape index (κ2) is 13.9. The summed E-state index contributed by atoms with van der Waals surface area (Å²) in [5, 5.41) is 16.0. The number of amides is 1. The van der Waals surface area contributed by atoms with Gasteiger partial charge in [-0.05, 0) is 56.1 Å². The van der Waals surface area contributed by atoms with E-state index < -0.39 is 0 Å². The van der Waals surface area contributed by atoms with Crippen molar-refractivity contribution in [1.29, 1.82) is 0 Å². The number of rotatable bonds is 11. The lowest BCUT2D eigenvalue weighted by molar-refractivity contribution is -0.118. The number of carbonyl (C=O) groups is 1. The van der Waals surface area contributed by atoms with Crippen LogP contribution in [0.25, 0.3) is 0 Å². The molecule has 1 aliphatic heterocycles. The molecule has 30 heavy (non-hydrogen) atoms. The molecule has 6 nitrogen and oxygen atoms in total. The highest BCUT2D eigenvalue weighted by Gasteiger charge is 2.25. The third-order valence-electron chi connectivity index (χ3n) is 6.11. The number of nitrogens with one attached hydrogen (secondary N) is 2. The normalized spacial score (nSPS) is 13.6. The minimum absolute atomic E-state index is 0. The Kier molecular flexibility index (Phi) is 12.3. The van der Waals surface area contributed by atoms with Crippen molar-refractivity contribution in [3.05, 3.63) is 29.8 Å². The first-order chi connectivity index (χ1) is 14.1. The number of aliphatic hydroxyl groups excluding tert-OH is 1. The number of benzene rings is 1. The fourth-order valence-electron chi connectivity index (χ4n) is 3.91. The van der Waals surface area contributed by atoms with Crippen molar-refractivity contribution in [3.8, 4) is 0 Å². The van der Waals surface area contributed by atoms with Gasteiger partial charge in [-0.15, -0.1) is 24.0 Å². The maximum atomic E-state index is 12.6. The van der Waals surface area contributed by atoms with E-state index >= 15 is 0 Å². The maximum absolute atomic E-state index is 12.6. The Morgan fingerprint density at radius 2 is 1.93 bits per heavy atom. The summed E-state index contributed by atoms with van der Waals surface area (Å²) >= 11 is 0. The Morgan fingerprint density at radius 3 is 2.60 bits per heavy atom. The summed E-state index contributed by atoms with van der Waals surface area (Å²) in [5.74, 6) is 0.980. The highest BCUT2D eigenvalue weighted by Crippen LogP contribution is 2.30. The van der Waals surface area contributed by atoms with E-state index in [1.54, 1.807) is 0 Å². The lowest BCUT2D eigenvalue weighted by Crippen LogP contribution is -2.39. The monoisotopic (exact) mass is 530 g/mol. The van der Waals surface area contributed by atoms with E-state index in [9.17, 15) is 9.90 Å². The standard InChI is InChI=1S/C23H38N4O2.HI/c1-4-23(5-2,14-17-28)18-26-22(24-6-3)25-15-9-12-21(29)27-16-13-19-10-7-8-11-20(19)27;/h7-8,10-11,28H,4-6,9,12-18H2,1-3H3,(H2,24,25,26);1H. The largest absolute Gasteiger partial charge is 0.396 e. The molecule has 1 aliphatic rings. The predicted octanol–water partition coefficient (Wildman–Crippen LogP) is 3.72. The van der Waals surface area contributed by atoms with Crippen molar-refractivity contribution in [2.24, 2.45) is 10.4 Å². The summed E-state index contributed by atoms with van der Waals surface area (Å²) in [6.45, 7) is 9.55. The minimum atomic E-state index is 0. The molecule has 0 aliphatic carbocycles. The number of carbonyl (C=O) groups excluding carboxylic acids is 1. The van der Waals surface area contributed by atoms with E-state index in [2.05, 4.69) is 30.5 Å². The number of anilines is 1. The lowest BCUT2D eigenvalue weighted by Gasteiger charge is -2.29. The van der Waals surface area contributed by atoms with Crippen LogP contribution in [-0.4, -0.2) is 49.8 Å². The fraction of sp³-hybridized carbons (Fsp3) is 0.652. The van der Waals surface area contributed by atoms with Gasteiger partial charge in [-0.25, -0.2) is 0 Å². The number of halogens is 1. The van der Waals surface area contributed by atoms with Crippen LogP contribution in [0.3, 0.4) is 0 Å². The Hall–Kier alpha value is -1.35. The van der Waals surface area contributed by atoms with Crippen LogP contribution < -0.4 is 15.5 Å². The summed E-state index contributed by atoms with van der Waals surface area (Å²) in [6.07, 6.45) is 5.01. The Balaban J connectivity index is 0.00000450. The first kappa shape index (κ1) is 26.7. The smallest absolute Gasteiger partial charge is 0.227 e. The van der Waals surface area contributed by atoms with E-state index in [0.29, 0.717) is 19.5 Å². The average Bonchev–Trinajstić information content (AvgIpc) is 3.18. The third-order valence-corrected chi connectivity index (χ3v) is 6.11. The number of hydrogen-bond donors (Lipinski definition) is 3. The number of aliphatic imine (C=N–C) groups is 1. The SMILES string of the molecule is CCNC(=NCC(CC)(CC)CCO)NCCCC(=O)N1CCc2ccccc21.I. The van der Waals surface area contributed by atoms with Gasteiger partial charge in [0.05, 0.1) is 0 Å². The molecule has 0 atom stereocenters. The van der Waals surface area contributed by atoms with Crippen molar-refractivity contribution in [1.82, 2.24) is 10.6 Å². The molecule has 1 heterocycles. The van der Waals surface area contributed by atoms with Crippen molar-refractivity contribution in [3.63, 3.8) is 0 Å². The van der Waals surface area contributed by atoms with Gasteiger partial charge in [0.25, 0.3) is 0 Å². The summed E-state index contributed by atoms with van der Waals surface area (Å²) < 4.78 is 0. The number of para-hydroxylation sites is 1. The molecule has 0 saturated heterocycles. The molecule has 2 rings (SSSR count). The van der Waals surface area contributed by atoms with Gasteiger partial charge in [0.2, 0.25) is 5.91 Å². The molecular formula is C23H39IN4O2. The molecule has 0 saturated carbocycles. The zero-order valence-corrected chi connectivity index (χ0v) is 21.1. The molecule has 3 N–H and O–H groups in total. The van der Waals surface area contributed by atoms with Crippen LogP contribution in [0.2, 0.25) is 0 Å². The Labute approximate surface area is 198 Å². The molecule has 0 radical (unpaired) electrons. The van der Waals surface area contributed by atoms with E-state index in [1.807, 2.05) is 30.0 Å². The average molecular weight is 530 g/mol. The van der Waals surface area contributed by atoms with Gasteiger partial charge in [-0.1, -0.05) is 32.0 Å². The summed E-state index contributed by atoms with van der Waals surface area (Å²) in [5.41, 5.74) is 2.38. The van der Waals surface area contributed by atoms with E-state index in [4.69, 9.17) is 4.99 Å². The fourth-order valence-corrected chi connectivity index (χ4v) is 3.91. The minimum Gasteiger partial charge on any atom is -0.396 e. The zero-order valence-electron chi connectivity index (χ0n) is 18.7. The van der Waals surface area contributed by atoms with Crippen LogP contribution in [0.15, 0.2) is 29.3 Å². The molecule has 0 aromatic heterocycles. The second-order valence-corrected chi connectivity index (χ2v) is 7.83. The van der Waals surface area contributed by atoms with Crippen LogP contribution in [0.1, 0.15) is 58.4 Å². The number of fused-ring (bicyclic) bond motifs is 1. The summed E-state index contributed by atoms with van der Waals surface area (Å²) in [6, 6.07) is 8.17. The molecule has 1 aromatic carbocycles. The molecule has 170 valence electrons. The number of aliphatic hydroxyl groups is 1. The van der Waals surface area contributed by atoms with Crippen LogP contribution >= 0.6 is 24.0 Å². The highest BCUT2D eigenvalue weighted by atomic mass is 127. The molecule has 0 spiro atoms. The quantitative estimate of drug-likeness (QED) is 0.177. The van der Waals surface area contributed by atoms with Crippen LogP contribution in [-0.2, 0) is 11.2 Å². The number of guanidine groups is 1. The predicted molar refractivity (Wildman–Crippen MR) is 136 cm³/mol. The third kappa shape index (κ3) is 7.41. The molecule has 7 heteroatoms. The molecule has 0 bridgehead atoms. The Morgan fingerprint density at radius 1 is 1.20 bits per heavy atom. The summed E-state index contributed by atoms with van der Waals surface area (Å²) in [4.78, 5) is 19.3. The van der Waals surface area contributed by atoms with Gasteiger partial charge in [-0.3, -0.25) is 9.79 Å². The van der Waals surface area contributed by atoms with Gasteiger partial charge in [-0.2, -0.15) is 0 Å². The molecule has 1 aromatic rings. The Bertz CT molecular complexity index is 677. The van der Waals surface area contributed by atoms with Crippen molar-refractivity contribution in [2.75, 3.05) is 37.7 Å². The number of hydrogen-bond acceptors (Lipinski definition) is 3. The first-order valence-corrected chi connectivity index (χ1v) is 11.1. The van der Waals surface area contributed by atoms with Gasteiger partial charge < -0.3 is 20.6 Å². The topological polar surface area (TPSA) is 77.0 Å². The maximum Gasteiger partial charge on any atom is 0.227 e. The van der Waals surface area contributed by atoms with Crippen molar-refractivity contribution in [2.45, 2.75) is 59.3 Å². The van der Waals surface area contributed by atoms with E-state index in [1.165, 1.54) is 5.56 Å². The first-order valence-electron chi connectivity index (χ1n) is 11.1. The summed E-state index contributed by atoms with van der Waals surface area (Å²) in [7, 11) is 0. The van der Waals surface area contributed by atoms with Gasteiger partial charge in [0.15, 0.2) is 5.96 Å². The van der Waals surface area contributed by atoms with Gasteiger partial charge in [0.1, 0.15) is 0 Å². The highest BCUT2D eigenvalue weighted by molar-refractivity contribution is 14.0. The second-order valence-electron chi connectivity index (χ2n) is 7.83. The van der Waals surface area contributed by atoms with Crippen molar-refractivity contribution >= 4 is 41.5 Å². The van der Waals surface area contributed by atoms with E-state index in [-0.39, 0.29) is 41.9 Å². The zero-order chi connectivity index (χ0) is 21.1. The van der Waals surface area contributed by atoms with Crippen LogP contribution in [0.4, 0.5) is 5.69 Å². The van der Waals surface area contributed by atoms with Gasteiger partial charge >= 0.3 is 0 Å². The molecular weight excluding hydrogens is 491 g/mol. The molecule has 0 fully saturated rings.